The van der Waals surface area contributed by atoms with Crippen LogP contribution in [-0.4, -0.2) is 22.2 Å². The van der Waals surface area contributed by atoms with E-state index in [-0.39, 0.29) is 6.17 Å². The van der Waals surface area contributed by atoms with Crippen molar-refractivity contribution < 1.29 is 4.79 Å². The average molecular weight is 258 g/mol. The summed E-state index contributed by atoms with van der Waals surface area (Å²) in [4.78, 5) is 11.5. The largest absolute Gasteiger partial charge is 0.366 e. The Morgan fingerprint density at radius 2 is 2.32 bits per heavy atom. The van der Waals surface area contributed by atoms with Crippen molar-refractivity contribution in [3.63, 3.8) is 0 Å². The predicted molar refractivity (Wildman–Crippen MR) is 73.8 cm³/mol. The second-order valence-electron chi connectivity index (χ2n) is 5.36. The van der Waals surface area contributed by atoms with E-state index in [4.69, 9.17) is 5.73 Å². The highest BCUT2D eigenvalue weighted by molar-refractivity contribution is 6.05. The highest BCUT2D eigenvalue weighted by atomic mass is 16.1. The van der Waals surface area contributed by atoms with Gasteiger partial charge in [0.25, 0.3) is 5.91 Å². The lowest BCUT2D eigenvalue weighted by molar-refractivity contribution is 0.100. The third-order valence-corrected chi connectivity index (χ3v) is 3.87. The number of benzene rings is 1. The minimum absolute atomic E-state index is 0.211. The van der Waals surface area contributed by atoms with E-state index in [9.17, 15) is 4.79 Å². The fraction of sp³-hybridized carbons (Fsp3) is 0.429. The van der Waals surface area contributed by atoms with E-state index in [1.54, 1.807) is 6.07 Å². The van der Waals surface area contributed by atoms with Crippen LogP contribution >= 0.6 is 0 Å². The molecular weight excluding hydrogens is 240 g/mol. The van der Waals surface area contributed by atoms with Gasteiger partial charge in [-0.1, -0.05) is 19.1 Å². The summed E-state index contributed by atoms with van der Waals surface area (Å²) < 4.78 is 1.99. The molecule has 1 aromatic heterocycles. The molecule has 1 aliphatic rings. The first kappa shape index (κ1) is 12.2. The first-order valence-electron chi connectivity index (χ1n) is 6.59. The third kappa shape index (κ3) is 1.90. The molecule has 3 N–H and O–H groups in total. The number of aryl methyl sites for hydroxylation is 1. The quantitative estimate of drug-likeness (QED) is 0.858. The Morgan fingerprint density at radius 3 is 2.95 bits per heavy atom. The van der Waals surface area contributed by atoms with Gasteiger partial charge in [-0.15, -0.1) is 0 Å². The normalized spacial score (nSPS) is 23.1. The zero-order valence-corrected chi connectivity index (χ0v) is 11.2. The van der Waals surface area contributed by atoms with Crippen LogP contribution in [0.15, 0.2) is 18.2 Å². The second kappa shape index (κ2) is 4.35. The van der Waals surface area contributed by atoms with Gasteiger partial charge in [-0.05, 0) is 31.9 Å². The van der Waals surface area contributed by atoms with Gasteiger partial charge in [-0.3, -0.25) is 14.8 Å². The molecule has 1 aliphatic heterocycles. The van der Waals surface area contributed by atoms with E-state index in [0.29, 0.717) is 17.0 Å². The molecule has 1 amide bonds. The van der Waals surface area contributed by atoms with Crippen molar-refractivity contribution in [3.05, 3.63) is 29.5 Å². The number of hydrogen-bond donors (Lipinski definition) is 2. The number of aromatic nitrogens is 2. The molecule has 1 aromatic carbocycles. The van der Waals surface area contributed by atoms with Crippen LogP contribution in [0.1, 0.15) is 35.6 Å². The Morgan fingerprint density at radius 1 is 1.53 bits per heavy atom. The number of rotatable bonds is 2. The minimum atomic E-state index is -0.428. The summed E-state index contributed by atoms with van der Waals surface area (Å²) in [6.45, 7) is 5.26. The van der Waals surface area contributed by atoms with Crippen molar-refractivity contribution >= 4 is 16.8 Å². The molecule has 2 unspecified atom stereocenters. The maximum Gasteiger partial charge on any atom is 0.250 e. The van der Waals surface area contributed by atoms with E-state index >= 15 is 0 Å². The van der Waals surface area contributed by atoms with Crippen LogP contribution in [-0.2, 0) is 0 Å². The molecule has 1 saturated heterocycles. The molecule has 0 spiro atoms. The molecular formula is C14H18N4O. The SMILES string of the molecule is Cc1c2cccc(C(N)=O)c2nn1C1CC(C)CN1. The Kier molecular flexibility index (Phi) is 2.78. The minimum Gasteiger partial charge on any atom is -0.366 e. The van der Waals surface area contributed by atoms with Crippen LogP contribution in [0.2, 0.25) is 0 Å². The first-order valence-corrected chi connectivity index (χ1v) is 6.59. The molecule has 1 fully saturated rings. The summed E-state index contributed by atoms with van der Waals surface area (Å²) >= 11 is 0. The van der Waals surface area contributed by atoms with Gasteiger partial charge in [0.1, 0.15) is 11.7 Å². The van der Waals surface area contributed by atoms with Crippen molar-refractivity contribution in [2.24, 2.45) is 11.7 Å². The number of primary amides is 1. The molecule has 0 saturated carbocycles. The van der Waals surface area contributed by atoms with Gasteiger partial charge in [0, 0.05) is 11.1 Å². The number of fused-ring (bicyclic) bond motifs is 1. The van der Waals surface area contributed by atoms with Crippen molar-refractivity contribution in [3.8, 4) is 0 Å². The number of carbonyl (C=O) groups is 1. The fourth-order valence-corrected chi connectivity index (χ4v) is 2.82. The molecule has 0 aliphatic carbocycles. The number of nitrogens with two attached hydrogens (primary N) is 1. The average Bonchev–Trinajstić information content (AvgIpc) is 2.93. The van der Waals surface area contributed by atoms with Crippen LogP contribution in [0.5, 0.6) is 0 Å². The van der Waals surface area contributed by atoms with Gasteiger partial charge in [0.05, 0.1) is 5.56 Å². The Bertz CT molecular complexity index is 646. The van der Waals surface area contributed by atoms with Crippen LogP contribution < -0.4 is 11.1 Å². The Balaban J connectivity index is 2.14. The Labute approximate surface area is 111 Å². The highest BCUT2D eigenvalue weighted by Gasteiger charge is 2.25. The van der Waals surface area contributed by atoms with Gasteiger partial charge in [-0.25, -0.2) is 0 Å². The van der Waals surface area contributed by atoms with E-state index < -0.39 is 5.91 Å². The molecule has 0 radical (unpaired) electrons. The van der Waals surface area contributed by atoms with Crippen LogP contribution in [0, 0.1) is 12.8 Å². The number of nitrogens with zero attached hydrogens (tertiary/aromatic N) is 2. The summed E-state index contributed by atoms with van der Waals surface area (Å²) in [7, 11) is 0. The lowest BCUT2D eigenvalue weighted by Crippen LogP contribution is -2.22. The molecule has 2 aromatic rings. The van der Waals surface area contributed by atoms with Crippen LogP contribution in [0.4, 0.5) is 0 Å². The standard InChI is InChI=1S/C14H18N4O/c1-8-6-12(16-7-8)18-9(2)10-4-3-5-11(14(15)19)13(10)17-18/h3-5,8,12,16H,6-7H2,1-2H3,(H2,15,19). The van der Waals surface area contributed by atoms with Crippen molar-refractivity contribution in [2.45, 2.75) is 26.4 Å². The molecule has 2 atom stereocenters. The zero-order chi connectivity index (χ0) is 13.6. The number of amides is 1. The molecule has 5 nitrogen and oxygen atoms in total. The summed E-state index contributed by atoms with van der Waals surface area (Å²) in [6.07, 6.45) is 1.27. The van der Waals surface area contributed by atoms with Crippen LogP contribution in [0.25, 0.3) is 10.9 Å². The first-order chi connectivity index (χ1) is 9.08. The predicted octanol–water partition coefficient (Wildman–Crippen LogP) is 1.57. The second-order valence-corrected chi connectivity index (χ2v) is 5.36. The fourth-order valence-electron chi connectivity index (χ4n) is 2.82. The van der Waals surface area contributed by atoms with E-state index in [1.807, 2.05) is 23.7 Å². The summed E-state index contributed by atoms with van der Waals surface area (Å²) in [5.74, 6) is 0.218. The zero-order valence-electron chi connectivity index (χ0n) is 11.2. The van der Waals surface area contributed by atoms with E-state index in [0.717, 1.165) is 24.0 Å². The lowest BCUT2D eigenvalue weighted by atomic mass is 10.1. The lowest BCUT2D eigenvalue weighted by Gasteiger charge is -2.12. The van der Waals surface area contributed by atoms with Gasteiger partial charge in [0.2, 0.25) is 0 Å². The van der Waals surface area contributed by atoms with Crippen LogP contribution in [0.3, 0.4) is 0 Å². The number of carbonyl (C=O) groups excluding carboxylic acids is 1. The Hall–Kier alpha value is -1.88. The molecule has 3 rings (SSSR count). The smallest absolute Gasteiger partial charge is 0.250 e. The topological polar surface area (TPSA) is 72.9 Å². The van der Waals surface area contributed by atoms with Gasteiger partial charge in [-0.2, -0.15) is 5.10 Å². The van der Waals surface area contributed by atoms with E-state index in [1.165, 1.54) is 0 Å². The molecule has 2 heterocycles. The molecule has 19 heavy (non-hydrogen) atoms. The summed E-state index contributed by atoms with van der Waals surface area (Å²) in [6, 6.07) is 5.57. The number of nitrogens with one attached hydrogen (secondary N) is 1. The molecule has 100 valence electrons. The van der Waals surface area contributed by atoms with Crippen molar-refractivity contribution in [1.29, 1.82) is 0 Å². The van der Waals surface area contributed by atoms with Gasteiger partial charge >= 0.3 is 0 Å². The molecule has 0 bridgehead atoms. The van der Waals surface area contributed by atoms with Gasteiger partial charge in [0.15, 0.2) is 0 Å². The van der Waals surface area contributed by atoms with Crippen molar-refractivity contribution in [2.75, 3.05) is 6.54 Å². The maximum atomic E-state index is 11.5. The number of hydrogen-bond acceptors (Lipinski definition) is 3. The third-order valence-electron chi connectivity index (χ3n) is 3.87. The van der Waals surface area contributed by atoms with Gasteiger partial charge < -0.3 is 5.73 Å². The maximum absolute atomic E-state index is 11.5. The summed E-state index contributed by atoms with van der Waals surface area (Å²) in [5.41, 5.74) is 7.68. The van der Waals surface area contributed by atoms with E-state index in [2.05, 4.69) is 17.3 Å². The monoisotopic (exact) mass is 258 g/mol. The summed E-state index contributed by atoms with van der Waals surface area (Å²) in [5, 5.41) is 9.06. The molecule has 5 heteroatoms. The van der Waals surface area contributed by atoms with Crippen molar-refractivity contribution in [1.82, 2.24) is 15.1 Å². The highest BCUT2D eigenvalue weighted by Crippen LogP contribution is 2.27.